The molecule has 0 atom stereocenters. The molecule has 24 heavy (non-hydrogen) atoms. The van der Waals surface area contributed by atoms with Crippen molar-refractivity contribution in [2.45, 2.75) is 0 Å². The minimum Gasteiger partial charge on any atom is -0.359 e. The van der Waals surface area contributed by atoms with Crippen LogP contribution in [0.1, 0.15) is 0 Å². The summed E-state index contributed by atoms with van der Waals surface area (Å²) in [6.07, 6.45) is 3.63. The number of aromatic amines is 1. The predicted molar refractivity (Wildman–Crippen MR) is 95.6 cm³/mol. The molecule has 3 aromatic heterocycles. The fraction of sp³-hybridized carbons (Fsp3) is 0.188. The quantitative estimate of drug-likeness (QED) is 0.586. The van der Waals surface area contributed by atoms with Crippen molar-refractivity contribution in [1.82, 2.24) is 24.3 Å². The van der Waals surface area contributed by atoms with Gasteiger partial charge in [0.05, 0.1) is 15.9 Å². The van der Waals surface area contributed by atoms with Crippen molar-refractivity contribution in [1.29, 1.82) is 0 Å². The number of fused-ring (bicyclic) bond motifs is 2. The first-order chi connectivity index (χ1) is 11.5. The minimum atomic E-state index is -0.136. The molecule has 7 nitrogen and oxygen atoms in total. The van der Waals surface area contributed by atoms with Crippen molar-refractivity contribution in [3.05, 3.63) is 39.9 Å². The molecule has 0 unspecified atom stereocenters. The first-order valence-corrected chi connectivity index (χ1v) is 7.77. The number of hydrogen-bond donors (Lipinski definition) is 2. The number of anilines is 1. The van der Waals surface area contributed by atoms with Gasteiger partial charge in [0, 0.05) is 50.0 Å². The second-order valence-corrected chi connectivity index (χ2v) is 6.02. The fourth-order valence-electron chi connectivity index (χ4n) is 2.98. The van der Waals surface area contributed by atoms with Gasteiger partial charge in [-0.2, -0.15) is 10.1 Å². The number of nitrogens with one attached hydrogen (secondary N) is 2. The Kier molecular flexibility index (Phi) is 3.14. The van der Waals surface area contributed by atoms with Crippen LogP contribution in [0.25, 0.3) is 33.1 Å². The lowest BCUT2D eigenvalue weighted by molar-refractivity contribution is 0.780. The van der Waals surface area contributed by atoms with Crippen molar-refractivity contribution in [2.75, 3.05) is 12.4 Å². The Morgan fingerprint density at radius 2 is 2.04 bits per heavy atom. The number of hydrogen-bond acceptors (Lipinski definition) is 4. The summed E-state index contributed by atoms with van der Waals surface area (Å²) in [5, 5.41) is 9.20. The number of aromatic nitrogens is 5. The maximum atomic E-state index is 12.7. The van der Waals surface area contributed by atoms with Gasteiger partial charge >= 0.3 is 0 Å². The van der Waals surface area contributed by atoms with E-state index in [1.807, 2.05) is 25.4 Å². The summed E-state index contributed by atoms with van der Waals surface area (Å²) < 4.78 is 3.20. The Bertz CT molecular complexity index is 1150. The topological polar surface area (TPSA) is 80.5 Å². The van der Waals surface area contributed by atoms with Crippen molar-refractivity contribution >= 4 is 39.5 Å². The van der Waals surface area contributed by atoms with Gasteiger partial charge in [-0.25, -0.2) is 0 Å². The summed E-state index contributed by atoms with van der Waals surface area (Å²) >= 11 is 6.59. The number of aryl methyl sites for hydroxylation is 1. The average molecular weight is 343 g/mol. The Morgan fingerprint density at radius 3 is 2.79 bits per heavy atom. The lowest BCUT2D eigenvalue weighted by Crippen LogP contribution is -2.21. The molecular formula is C16H15ClN6O. The highest BCUT2D eigenvalue weighted by Gasteiger charge is 2.18. The van der Waals surface area contributed by atoms with Crippen LogP contribution in [-0.2, 0) is 14.1 Å². The zero-order valence-electron chi connectivity index (χ0n) is 13.4. The lowest BCUT2D eigenvalue weighted by Gasteiger charge is -2.07. The monoisotopic (exact) mass is 342 g/mol. The zero-order valence-corrected chi connectivity index (χ0v) is 14.1. The molecule has 0 aliphatic rings. The van der Waals surface area contributed by atoms with Crippen LogP contribution in [0.4, 0.5) is 5.95 Å². The molecular weight excluding hydrogens is 328 g/mol. The molecule has 2 N–H and O–H groups in total. The maximum absolute atomic E-state index is 12.7. The normalized spacial score (nSPS) is 11.5. The molecule has 3 heterocycles. The van der Waals surface area contributed by atoms with E-state index >= 15 is 0 Å². The number of H-pyrrole nitrogens is 1. The number of benzene rings is 1. The third-order valence-corrected chi connectivity index (χ3v) is 4.57. The zero-order chi connectivity index (χ0) is 17.0. The number of halogens is 1. The molecule has 1 aromatic carbocycles. The van der Waals surface area contributed by atoms with Gasteiger partial charge in [-0.1, -0.05) is 17.7 Å². The fourth-order valence-corrected chi connectivity index (χ4v) is 3.29. The van der Waals surface area contributed by atoms with E-state index in [0.29, 0.717) is 22.0 Å². The van der Waals surface area contributed by atoms with Crippen LogP contribution >= 0.6 is 11.6 Å². The summed E-state index contributed by atoms with van der Waals surface area (Å²) in [6, 6.07) is 3.78. The minimum absolute atomic E-state index is 0.136. The molecule has 0 spiro atoms. The van der Waals surface area contributed by atoms with Crippen LogP contribution in [0.5, 0.6) is 0 Å². The van der Waals surface area contributed by atoms with E-state index in [0.717, 1.165) is 22.0 Å². The highest BCUT2D eigenvalue weighted by atomic mass is 35.5. The molecule has 0 fully saturated rings. The van der Waals surface area contributed by atoms with E-state index in [2.05, 4.69) is 20.4 Å². The summed E-state index contributed by atoms with van der Waals surface area (Å²) in [6.45, 7) is 0. The Morgan fingerprint density at radius 1 is 1.25 bits per heavy atom. The summed E-state index contributed by atoms with van der Waals surface area (Å²) in [5.74, 6) is 0.495. The highest BCUT2D eigenvalue weighted by Crippen LogP contribution is 2.36. The molecule has 4 aromatic rings. The molecule has 0 radical (unpaired) electrons. The molecule has 0 saturated heterocycles. The maximum Gasteiger partial charge on any atom is 0.264 e. The standard InChI is InChI=1S/C16H15ClN6O/c1-18-16-20-14-12(15(24)23(16)3)9(6-19-14)8-4-5-11-10(13(8)17)7-22(2)21-11/h4-7,19H,1-3H3,(H,18,20). The first-order valence-electron chi connectivity index (χ1n) is 7.39. The van der Waals surface area contributed by atoms with Crippen LogP contribution in [0.3, 0.4) is 0 Å². The average Bonchev–Trinajstić information content (AvgIpc) is 3.14. The molecule has 122 valence electrons. The predicted octanol–water partition coefficient (Wildman–Crippen LogP) is 2.51. The van der Waals surface area contributed by atoms with Crippen LogP contribution in [0.2, 0.25) is 5.02 Å². The highest BCUT2D eigenvalue weighted by molar-refractivity contribution is 6.38. The van der Waals surface area contributed by atoms with Gasteiger partial charge in [-0.05, 0) is 6.07 Å². The second kappa shape index (κ2) is 5.10. The summed E-state index contributed by atoms with van der Waals surface area (Å²) in [5.41, 5.74) is 2.72. The Hall–Kier alpha value is -2.80. The summed E-state index contributed by atoms with van der Waals surface area (Å²) in [7, 11) is 5.26. The van der Waals surface area contributed by atoms with Gasteiger partial charge in [0.15, 0.2) is 0 Å². The second-order valence-electron chi connectivity index (χ2n) is 5.64. The van der Waals surface area contributed by atoms with E-state index in [9.17, 15) is 4.79 Å². The van der Waals surface area contributed by atoms with Crippen LogP contribution < -0.4 is 10.9 Å². The lowest BCUT2D eigenvalue weighted by atomic mass is 10.0. The van der Waals surface area contributed by atoms with Gasteiger partial charge < -0.3 is 10.3 Å². The largest absolute Gasteiger partial charge is 0.359 e. The Balaban J connectivity index is 2.06. The van der Waals surface area contributed by atoms with E-state index in [1.165, 1.54) is 4.57 Å². The van der Waals surface area contributed by atoms with E-state index in [-0.39, 0.29) is 5.56 Å². The van der Waals surface area contributed by atoms with Crippen LogP contribution in [0.15, 0.2) is 29.3 Å². The van der Waals surface area contributed by atoms with Gasteiger partial charge in [-0.15, -0.1) is 0 Å². The van der Waals surface area contributed by atoms with Gasteiger partial charge in [0.2, 0.25) is 5.95 Å². The Labute approximate surface area is 141 Å². The first kappa shape index (κ1) is 14.8. The van der Waals surface area contributed by atoms with Crippen molar-refractivity contribution in [3.63, 3.8) is 0 Å². The molecule has 0 aliphatic carbocycles. The van der Waals surface area contributed by atoms with Gasteiger partial charge in [-0.3, -0.25) is 14.0 Å². The summed E-state index contributed by atoms with van der Waals surface area (Å²) in [4.78, 5) is 20.2. The smallest absolute Gasteiger partial charge is 0.264 e. The van der Waals surface area contributed by atoms with Gasteiger partial charge in [0.25, 0.3) is 5.56 Å². The molecule has 0 saturated carbocycles. The molecule has 0 aliphatic heterocycles. The van der Waals surface area contributed by atoms with Gasteiger partial charge in [0.1, 0.15) is 5.65 Å². The van der Waals surface area contributed by atoms with Crippen LogP contribution in [-0.4, -0.2) is 31.4 Å². The van der Waals surface area contributed by atoms with E-state index in [1.54, 1.807) is 25.0 Å². The van der Waals surface area contributed by atoms with E-state index in [4.69, 9.17) is 11.6 Å². The third-order valence-electron chi connectivity index (χ3n) is 4.17. The van der Waals surface area contributed by atoms with Crippen molar-refractivity contribution in [2.24, 2.45) is 14.1 Å². The molecule has 8 heteroatoms. The van der Waals surface area contributed by atoms with Crippen LogP contribution in [0, 0.1) is 0 Å². The molecule has 0 amide bonds. The molecule has 4 rings (SSSR count). The molecule has 0 bridgehead atoms. The SMILES string of the molecule is CNc1nc2[nH]cc(-c3ccc4nn(C)cc4c3Cl)c2c(=O)n1C. The van der Waals surface area contributed by atoms with Crippen molar-refractivity contribution in [3.8, 4) is 11.1 Å². The van der Waals surface area contributed by atoms with Crippen molar-refractivity contribution < 1.29 is 0 Å². The third kappa shape index (κ3) is 1.94. The van der Waals surface area contributed by atoms with E-state index < -0.39 is 0 Å². The number of nitrogens with zero attached hydrogens (tertiary/aromatic N) is 4. The number of rotatable bonds is 2.